The van der Waals surface area contributed by atoms with Crippen LogP contribution in [0.4, 0.5) is 0 Å². The van der Waals surface area contributed by atoms with Gasteiger partial charge in [0.1, 0.15) is 0 Å². The van der Waals surface area contributed by atoms with Crippen molar-refractivity contribution in [2.45, 2.75) is 20.3 Å². The maximum Gasteiger partial charge on any atom is 0.361 e. The van der Waals surface area contributed by atoms with E-state index in [2.05, 4.69) is 0 Å². The summed E-state index contributed by atoms with van der Waals surface area (Å²) in [6, 6.07) is 9.61. The van der Waals surface area contributed by atoms with Crippen LogP contribution in [0.1, 0.15) is 18.2 Å². The lowest BCUT2D eigenvalue weighted by atomic mass is 10.2. The molecule has 1 aromatic carbocycles. The van der Waals surface area contributed by atoms with E-state index in [9.17, 15) is 4.79 Å². The molecule has 0 radical (unpaired) electrons. The number of nitrogens with zero attached hydrogens (tertiary/aromatic N) is 1. The molecule has 0 saturated carbocycles. The number of hydrogen-bond acceptors (Lipinski definition) is 2. The van der Waals surface area contributed by atoms with Crippen LogP contribution >= 0.6 is 0 Å². The normalized spacial score (nSPS) is 10.5. The predicted molar refractivity (Wildman–Crippen MR) is 58.4 cm³/mol. The Morgan fingerprint density at radius 2 is 1.93 bits per heavy atom. The fraction of sp³-hybridized carbons (Fsp3) is 0.250. The van der Waals surface area contributed by atoms with Crippen molar-refractivity contribution in [1.29, 1.82) is 0 Å². The summed E-state index contributed by atoms with van der Waals surface area (Å²) in [5, 5.41) is 0. The van der Waals surface area contributed by atoms with Gasteiger partial charge in [0.2, 0.25) is 0 Å². The molecule has 78 valence electrons. The van der Waals surface area contributed by atoms with Crippen molar-refractivity contribution in [2.75, 3.05) is 0 Å². The summed E-state index contributed by atoms with van der Waals surface area (Å²) in [5.41, 5.74) is 2.27. The van der Waals surface area contributed by atoms with Crippen LogP contribution in [0.5, 0.6) is 0 Å². The zero-order valence-corrected chi connectivity index (χ0v) is 8.86. The first-order chi connectivity index (χ1) is 7.24. The maximum absolute atomic E-state index is 11.4. The molecule has 0 aliphatic rings. The third-order valence-corrected chi connectivity index (χ3v) is 2.48. The van der Waals surface area contributed by atoms with E-state index in [0.29, 0.717) is 5.56 Å². The summed E-state index contributed by atoms with van der Waals surface area (Å²) in [5.74, 6) is 0. The minimum Gasteiger partial charge on any atom is -0.331 e. The van der Waals surface area contributed by atoms with Gasteiger partial charge in [0.05, 0.1) is 16.9 Å². The number of rotatable bonds is 2. The van der Waals surface area contributed by atoms with Gasteiger partial charge in [-0.2, -0.15) is 4.74 Å². The Hall–Kier alpha value is -1.77. The molecule has 0 saturated heterocycles. The second kappa shape index (κ2) is 3.77. The highest BCUT2D eigenvalue weighted by Gasteiger charge is 2.12. The lowest BCUT2D eigenvalue weighted by Gasteiger charge is -2.04. The SMILES string of the molecule is CCc1c(C)c(=O)on1-c1ccccc1. The molecule has 3 nitrogen and oxygen atoms in total. The minimum absolute atomic E-state index is 0.254. The summed E-state index contributed by atoms with van der Waals surface area (Å²) in [7, 11) is 0. The number of aromatic nitrogens is 1. The van der Waals surface area contributed by atoms with Gasteiger partial charge in [-0.15, -0.1) is 0 Å². The molecule has 15 heavy (non-hydrogen) atoms. The summed E-state index contributed by atoms with van der Waals surface area (Å²) >= 11 is 0. The molecule has 0 bridgehead atoms. The third kappa shape index (κ3) is 1.61. The molecule has 0 fully saturated rings. The van der Waals surface area contributed by atoms with E-state index >= 15 is 0 Å². The van der Waals surface area contributed by atoms with E-state index in [1.165, 1.54) is 0 Å². The van der Waals surface area contributed by atoms with Crippen LogP contribution in [0.25, 0.3) is 5.69 Å². The first kappa shape index (κ1) is 9.77. The number of para-hydroxylation sites is 1. The van der Waals surface area contributed by atoms with Crippen LogP contribution in [0, 0.1) is 6.92 Å². The largest absolute Gasteiger partial charge is 0.361 e. The lowest BCUT2D eigenvalue weighted by Crippen LogP contribution is -1.98. The first-order valence-electron chi connectivity index (χ1n) is 5.01. The molecule has 1 aromatic heterocycles. The minimum atomic E-state index is -0.254. The van der Waals surface area contributed by atoms with Crippen molar-refractivity contribution in [2.24, 2.45) is 0 Å². The molecule has 1 heterocycles. The van der Waals surface area contributed by atoms with Gasteiger partial charge in [-0.25, -0.2) is 4.79 Å². The summed E-state index contributed by atoms with van der Waals surface area (Å²) in [4.78, 5) is 11.4. The molecular formula is C12H13NO2. The molecule has 0 aliphatic carbocycles. The molecule has 3 heteroatoms. The fourth-order valence-electron chi connectivity index (χ4n) is 1.66. The first-order valence-corrected chi connectivity index (χ1v) is 5.01. The van der Waals surface area contributed by atoms with E-state index in [1.807, 2.05) is 37.3 Å². The number of hydrogen-bond donors (Lipinski definition) is 0. The van der Waals surface area contributed by atoms with Crippen molar-refractivity contribution in [1.82, 2.24) is 4.74 Å². The summed E-state index contributed by atoms with van der Waals surface area (Å²) in [6.07, 6.45) is 0.784. The molecule has 0 aliphatic heterocycles. The van der Waals surface area contributed by atoms with Gasteiger partial charge in [0.25, 0.3) is 0 Å². The Labute approximate surface area is 87.9 Å². The van der Waals surface area contributed by atoms with Crippen molar-refractivity contribution in [3.8, 4) is 5.69 Å². The van der Waals surface area contributed by atoms with Crippen LogP contribution in [-0.2, 0) is 6.42 Å². The number of benzene rings is 1. The van der Waals surface area contributed by atoms with E-state index in [0.717, 1.165) is 17.8 Å². The Morgan fingerprint density at radius 3 is 2.53 bits per heavy atom. The Bertz CT molecular complexity index is 508. The van der Waals surface area contributed by atoms with Gasteiger partial charge in [-0.3, -0.25) is 0 Å². The smallest absolute Gasteiger partial charge is 0.331 e. The average Bonchev–Trinajstić information content (AvgIpc) is 2.56. The topological polar surface area (TPSA) is 35.1 Å². The van der Waals surface area contributed by atoms with Crippen LogP contribution in [0.2, 0.25) is 0 Å². The van der Waals surface area contributed by atoms with E-state index in [4.69, 9.17) is 4.52 Å². The molecule has 0 unspecified atom stereocenters. The predicted octanol–water partition coefficient (Wildman–Crippen LogP) is 2.30. The van der Waals surface area contributed by atoms with Gasteiger partial charge < -0.3 is 4.52 Å². The van der Waals surface area contributed by atoms with Crippen molar-refractivity contribution >= 4 is 0 Å². The monoisotopic (exact) mass is 203 g/mol. The van der Waals surface area contributed by atoms with Crippen molar-refractivity contribution < 1.29 is 4.52 Å². The molecule has 0 atom stereocenters. The Balaban J connectivity index is 2.64. The molecule has 2 rings (SSSR count). The van der Waals surface area contributed by atoms with Gasteiger partial charge in [0, 0.05) is 0 Å². The molecule has 2 aromatic rings. The highest BCUT2D eigenvalue weighted by molar-refractivity contribution is 5.33. The van der Waals surface area contributed by atoms with Gasteiger partial charge in [-0.1, -0.05) is 25.1 Å². The van der Waals surface area contributed by atoms with Gasteiger partial charge in [0.15, 0.2) is 0 Å². The van der Waals surface area contributed by atoms with Gasteiger partial charge in [-0.05, 0) is 25.5 Å². The highest BCUT2D eigenvalue weighted by Crippen LogP contribution is 2.13. The molecule has 0 N–H and O–H groups in total. The van der Waals surface area contributed by atoms with Crippen LogP contribution in [0.15, 0.2) is 39.6 Å². The standard InChI is InChI=1S/C12H13NO2/c1-3-11-9(2)12(14)15-13(11)10-7-5-4-6-8-10/h4-8H,3H2,1-2H3. The second-order valence-corrected chi connectivity index (χ2v) is 3.43. The zero-order chi connectivity index (χ0) is 10.8. The molecule has 0 spiro atoms. The highest BCUT2D eigenvalue weighted by atomic mass is 16.5. The summed E-state index contributed by atoms with van der Waals surface area (Å²) in [6.45, 7) is 3.81. The molecular weight excluding hydrogens is 190 g/mol. The van der Waals surface area contributed by atoms with Crippen LogP contribution in [-0.4, -0.2) is 4.74 Å². The quantitative estimate of drug-likeness (QED) is 0.750. The molecule has 0 amide bonds. The van der Waals surface area contributed by atoms with Gasteiger partial charge >= 0.3 is 5.63 Å². The Morgan fingerprint density at radius 1 is 1.27 bits per heavy atom. The van der Waals surface area contributed by atoms with Crippen LogP contribution in [0.3, 0.4) is 0 Å². The second-order valence-electron chi connectivity index (χ2n) is 3.43. The lowest BCUT2D eigenvalue weighted by molar-refractivity contribution is 0.316. The Kier molecular flexibility index (Phi) is 2.46. The van der Waals surface area contributed by atoms with E-state index in [1.54, 1.807) is 11.7 Å². The maximum atomic E-state index is 11.4. The summed E-state index contributed by atoms with van der Waals surface area (Å²) < 4.78 is 6.79. The van der Waals surface area contributed by atoms with E-state index in [-0.39, 0.29) is 5.63 Å². The average molecular weight is 203 g/mol. The zero-order valence-electron chi connectivity index (χ0n) is 8.86. The fourth-order valence-corrected chi connectivity index (χ4v) is 1.66. The van der Waals surface area contributed by atoms with E-state index < -0.39 is 0 Å². The van der Waals surface area contributed by atoms with Crippen LogP contribution < -0.4 is 5.63 Å². The van der Waals surface area contributed by atoms with Crippen molar-refractivity contribution in [3.05, 3.63) is 52.0 Å². The third-order valence-electron chi connectivity index (χ3n) is 2.48. The van der Waals surface area contributed by atoms with Crippen molar-refractivity contribution in [3.63, 3.8) is 0 Å².